The van der Waals surface area contributed by atoms with E-state index >= 15 is 0 Å². The van der Waals surface area contributed by atoms with Gasteiger partial charge in [0.25, 0.3) is 0 Å². The van der Waals surface area contributed by atoms with Gasteiger partial charge in [0.1, 0.15) is 5.76 Å². The van der Waals surface area contributed by atoms with Crippen molar-refractivity contribution >= 4 is 29.5 Å². The van der Waals surface area contributed by atoms with Crippen molar-refractivity contribution in [3.63, 3.8) is 0 Å². The van der Waals surface area contributed by atoms with E-state index in [0.29, 0.717) is 11.8 Å². The summed E-state index contributed by atoms with van der Waals surface area (Å²) >= 11 is 1.64. The average molecular weight is 614 g/mol. The zero-order chi connectivity index (χ0) is 31.8. The van der Waals surface area contributed by atoms with Crippen molar-refractivity contribution < 1.29 is 19.2 Å². The van der Waals surface area contributed by atoms with Crippen LogP contribution >= 0.6 is 11.3 Å². The first-order valence-corrected chi connectivity index (χ1v) is 16.5. The molecule has 2 aliphatic heterocycles. The number of hydrogen-bond donors (Lipinski definition) is 2. The standard InChI is InChI=1S/C15H23N3O3.C13H14N2OS.C3H8.C2H6/c1-11-3-2-6-18(11)15(20)10-13-9-14(16-21-13)17-7-4-12(19)5-8-17;1-9(14-7-16)11-3-5-12(6-4-11)13-10(2)15-8-17-13;1-3-2;1-2/h9,11-12,19H,2-8,10H2,1H3;3-9H,1-2H3,(H,14,16);3H2,1-2H3;1-2H3. The van der Waals surface area contributed by atoms with Gasteiger partial charge in [0.05, 0.1) is 34.6 Å². The fraction of sp³-hybridized carbons (Fsp3) is 0.576. The number of nitrogens with zero attached hydrogens (tertiary/aromatic N) is 4. The van der Waals surface area contributed by atoms with Gasteiger partial charge in [-0.25, -0.2) is 4.98 Å². The van der Waals surface area contributed by atoms with E-state index in [9.17, 15) is 14.7 Å². The van der Waals surface area contributed by atoms with Gasteiger partial charge in [-0.05, 0) is 57.6 Å². The van der Waals surface area contributed by atoms with Crippen LogP contribution in [0, 0.1) is 6.92 Å². The number of anilines is 1. The SMILES string of the molecule is CC.CC1CCCN1C(=O)Cc1cc(N2CCC(O)CC2)no1.CCC.Cc1ncsc1-c1ccc(C(C)NC=O)cc1. The lowest BCUT2D eigenvalue weighted by Gasteiger charge is -2.28. The van der Waals surface area contributed by atoms with Crippen LogP contribution in [0.25, 0.3) is 10.4 Å². The summed E-state index contributed by atoms with van der Waals surface area (Å²) in [5.74, 6) is 1.52. The number of likely N-dealkylation sites (tertiary alicyclic amines) is 1. The highest BCUT2D eigenvalue weighted by molar-refractivity contribution is 7.13. The Labute approximate surface area is 261 Å². The first-order valence-electron chi connectivity index (χ1n) is 15.6. The first kappa shape index (κ1) is 36.0. The monoisotopic (exact) mass is 613 g/mol. The fourth-order valence-electron chi connectivity index (χ4n) is 4.88. The highest BCUT2D eigenvalue weighted by Gasteiger charge is 2.26. The first-order chi connectivity index (χ1) is 20.8. The largest absolute Gasteiger partial charge is 0.393 e. The number of benzene rings is 1. The number of aromatic nitrogens is 2. The number of piperidine rings is 1. The molecule has 2 atom stereocenters. The van der Waals surface area contributed by atoms with Gasteiger partial charge in [0.2, 0.25) is 12.3 Å². The number of carbonyl (C=O) groups excluding carboxylic acids is 2. The van der Waals surface area contributed by atoms with Gasteiger partial charge in [0.15, 0.2) is 5.82 Å². The molecule has 2 amide bonds. The molecule has 2 fully saturated rings. The number of aliphatic hydroxyl groups excluding tert-OH is 1. The molecule has 2 N–H and O–H groups in total. The maximum atomic E-state index is 12.2. The molecule has 9 nitrogen and oxygen atoms in total. The molecule has 2 aliphatic rings. The Morgan fingerprint density at radius 3 is 2.35 bits per heavy atom. The maximum Gasteiger partial charge on any atom is 0.230 e. The van der Waals surface area contributed by atoms with E-state index in [2.05, 4.69) is 53.3 Å². The highest BCUT2D eigenvalue weighted by Crippen LogP contribution is 2.28. The minimum atomic E-state index is -0.203. The van der Waals surface area contributed by atoms with Crippen LogP contribution in [0.1, 0.15) is 96.7 Å². The van der Waals surface area contributed by atoms with Crippen molar-refractivity contribution in [1.82, 2.24) is 20.4 Å². The zero-order valence-electron chi connectivity index (χ0n) is 27.0. The van der Waals surface area contributed by atoms with Crippen molar-refractivity contribution in [2.75, 3.05) is 24.5 Å². The van der Waals surface area contributed by atoms with E-state index in [0.717, 1.165) is 68.8 Å². The van der Waals surface area contributed by atoms with E-state index in [4.69, 9.17) is 4.52 Å². The Morgan fingerprint density at radius 1 is 1.16 bits per heavy atom. The van der Waals surface area contributed by atoms with E-state index in [1.807, 2.05) is 56.3 Å². The summed E-state index contributed by atoms with van der Waals surface area (Å²) in [5, 5.41) is 16.3. The number of amides is 2. The van der Waals surface area contributed by atoms with Crippen molar-refractivity contribution in [3.05, 3.63) is 52.9 Å². The predicted molar refractivity (Wildman–Crippen MR) is 175 cm³/mol. The molecule has 2 aromatic heterocycles. The minimum absolute atomic E-state index is 0.0455. The summed E-state index contributed by atoms with van der Waals surface area (Å²) in [6.07, 6.45) is 5.75. The van der Waals surface area contributed by atoms with Crippen LogP contribution in [0.4, 0.5) is 5.82 Å². The molecule has 2 unspecified atom stereocenters. The van der Waals surface area contributed by atoms with Gasteiger partial charge in [-0.1, -0.05) is 63.5 Å². The van der Waals surface area contributed by atoms with E-state index in [1.54, 1.807) is 11.3 Å². The molecule has 1 aromatic carbocycles. The van der Waals surface area contributed by atoms with Gasteiger partial charge in [0, 0.05) is 31.7 Å². The van der Waals surface area contributed by atoms with Crippen LogP contribution in [0.3, 0.4) is 0 Å². The van der Waals surface area contributed by atoms with Crippen LogP contribution in [0.2, 0.25) is 0 Å². The smallest absolute Gasteiger partial charge is 0.230 e. The second kappa shape index (κ2) is 19.1. The Hall–Kier alpha value is -3.24. The lowest BCUT2D eigenvalue weighted by atomic mass is 10.1. The van der Waals surface area contributed by atoms with Crippen molar-refractivity contribution in [1.29, 1.82) is 0 Å². The number of rotatable bonds is 7. The predicted octanol–water partition coefficient (Wildman–Crippen LogP) is 6.56. The maximum absolute atomic E-state index is 12.2. The van der Waals surface area contributed by atoms with Gasteiger partial charge < -0.3 is 24.7 Å². The Bertz CT molecular complexity index is 1200. The molecule has 43 heavy (non-hydrogen) atoms. The van der Waals surface area contributed by atoms with Gasteiger partial charge in [-0.3, -0.25) is 9.59 Å². The average Bonchev–Trinajstić information content (AvgIpc) is 3.77. The van der Waals surface area contributed by atoms with Crippen molar-refractivity contribution in [2.24, 2.45) is 0 Å². The van der Waals surface area contributed by atoms with Crippen molar-refractivity contribution in [2.45, 2.75) is 105 Å². The molecule has 5 rings (SSSR count). The Balaban J connectivity index is 0.000000266. The van der Waals surface area contributed by atoms with Crippen LogP contribution in [0.15, 0.2) is 40.4 Å². The van der Waals surface area contributed by atoms with E-state index in [1.165, 1.54) is 16.9 Å². The van der Waals surface area contributed by atoms with Gasteiger partial charge in [-0.2, -0.15) is 0 Å². The molecule has 3 aromatic rings. The number of hydrogen-bond acceptors (Lipinski definition) is 8. The molecular formula is C33H51N5O4S. The number of aliphatic hydroxyl groups is 1. The van der Waals surface area contributed by atoms with Crippen LogP contribution in [-0.4, -0.2) is 64.2 Å². The van der Waals surface area contributed by atoms with Crippen LogP contribution in [-0.2, 0) is 16.0 Å². The number of carbonyl (C=O) groups is 2. The van der Waals surface area contributed by atoms with Crippen molar-refractivity contribution in [3.8, 4) is 10.4 Å². The summed E-state index contributed by atoms with van der Waals surface area (Å²) in [6.45, 7) is 16.7. The molecule has 4 heterocycles. The molecule has 0 bridgehead atoms. The molecule has 0 radical (unpaired) electrons. The quantitative estimate of drug-likeness (QED) is 0.290. The summed E-state index contributed by atoms with van der Waals surface area (Å²) in [4.78, 5) is 32.1. The minimum Gasteiger partial charge on any atom is -0.393 e. The lowest BCUT2D eigenvalue weighted by molar-refractivity contribution is -0.131. The Kier molecular flexibility index (Phi) is 16.0. The molecule has 0 aliphatic carbocycles. The van der Waals surface area contributed by atoms with E-state index < -0.39 is 0 Å². The highest BCUT2D eigenvalue weighted by atomic mass is 32.1. The summed E-state index contributed by atoms with van der Waals surface area (Å²) in [6, 6.07) is 10.5. The third-order valence-corrected chi connectivity index (χ3v) is 8.25. The van der Waals surface area contributed by atoms with Gasteiger partial charge >= 0.3 is 0 Å². The molecule has 10 heteroatoms. The third kappa shape index (κ3) is 11.1. The Morgan fingerprint density at radius 2 is 1.81 bits per heavy atom. The normalized spacial score (nSPS) is 17.0. The molecule has 2 saturated heterocycles. The summed E-state index contributed by atoms with van der Waals surface area (Å²) in [5.41, 5.74) is 5.19. The summed E-state index contributed by atoms with van der Waals surface area (Å²) in [7, 11) is 0. The van der Waals surface area contributed by atoms with E-state index in [-0.39, 0.29) is 24.5 Å². The fourth-order valence-corrected chi connectivity index (χ4v) is 5.70. The zero-order valence-corrected chi connectivity index (χ0v) is 27.8. The summed E-state index contributed by atoms with van der Waals surface area (Å²) < 4.78 is 5.31. The van der Waals surface area contributed by atoms with Crippen LogP contribution < -0.4 is 10.2 Å². The molecule has 0 saturated carbocycles. The molecular weight excluding hydrogens is 562 g/mol. The second-order valence-corrected chi connectivity index (χ2v) is 11.6. The van der Waals surface area contributed by atoms with Crippen LogP contribution in [0.5, 0.6) is 0 Å². The van der Waals surface area contributed by atoms with Gasteiger partial charge in [-0.15, -0.1) is 11.3 Å². The number of nitrogens with one attached hydrogen (secondary N) is 1. The second-order valence-electron chi connectivity index (χ2n) is 10.7. The molecule has 0 spiro atoms. The lowest BCUT2D eigenvalue weighted by Crippen LogP contribution is -2.36. The topological polar surface area (TPSA) is 112 Å². The number of thiazole rings is 1. The molecule has 238 valence electrons. The number of aryl methyl sites for hydroxylation is 1. The third-order valence-electron chi connectivity index (χ3n) is 7.27.